The van der Waals surface area contributed by atoms with E-state index in [1.165, 1.54) is 0 Å². The number of nitrogen functional groups attached to an aromatic ring is 1. The van der Waals surface area contributed by atoms with E-state index in [1.54, 1.807) is 24.3 Å². The van der Waals surface area contributed by atoms with Crippen LogP contribution < -0.4 is 11.1 Å². The molecule has 1 amide bonds. The molecule has 4 heteroatoms. The van der Waals surface area contributed by atoms with E-state index in [0.29, 0.717) is 30.6 Å². The summed E-state index contributed by atoms with van der Waals surface area (Å²) < 4.78 is 0. The van der Waals surface area contributed by atoms with Gasteiger partial charge in [0.05, 0.1) is 6.10 Å². The number of hydrogen-bond donors (Lipinski definition) is 3. The second kappa shape index (κ2) is 6.12. The molecule has 0 aromatic heterocycles. The average Bonchev–Trinajstić information content (AvgIpc) is 2.29. The number of aliphatic hydroxyl groups excluding tert-OH is 1. The molecule has 1 atom stereocenters. The summed E-state index contributed by atoms with van der Waals surface area (Å²) in [5.41, 5.74) is 6.74. The molecule has 0 aliphatic rings. The summed E-state index contributed by atoms with van der Waals surface area (Å²) in [6, 6.07) is 6.74. The Balaban J connectivity index is 2.38. The van der Waals surface area contributed by atoms with Crippen LogP contribution in [0.5, 0.6) is 0 Å². The Morgan fingerprint density at radius 1 is 1.44 bits per heavy atom. The van der Waals surface area contributed by atoms with Gasteiger partial charge in [-0.15, -0.1) is 0 Å². The quantitative estimate of drug-likeness (QED) is 0.654. The van der Waals surface area contributed by atoms with E-state index >= 15 is 0 Å². The van der Waals surface area contributed by atoms with Gasteiger partial charge in [-0.25, -0.2) is 0 Å². The molecule has 4 nitrogen and oxygen atoms in total. The van der Waals surface area contributed by atoms with E-state index < -0.39 is 0 Å². The van der Waals surface area contributed by atoms with Crippen LogP contribution in [0.2, 0.25) is 0 Å². The van der Waals surface area contributed by atoms with Crippen LogP contribution in [0.3, 0.4) is 0 Å². The predicted molar refractivity (Wildman–Crippen MR) is 64.1 cm³/mol. The zero-order valence-electron chi connectivity index (χ0n) is 9.44. The lowest BCUT2D eigenvalue weighted by molar-refractivity contribution is 0.0942. The van der Waals surface area contributed by atoms with Gasteiger partial charge >= 0.3 is 0 Å². The first-order chi connectivity index (χ1) is 7.63. The van der Waals surface area contributed by atoms with Crippen LogP contribution in [0.25, 0.3) is 0 Å². The number of nitrogens with two attached hydrogens (primary N) is 1. The molecular formula is C12H18N2O2. The maximum atomic E-state index is 11.6. The van der Waals surface area contributed by atoms with Crippen molar-refractivity contribution in [2.75, 3.05) is 12.3 Å². The number of hydrogen-bond acceptors (Lipinski definition) is 3. The SMILES string of the molecule is CCC(O)CCNC(=O)c1ccc(N)cc1. The molecular weight excluding hydrogens is 204 g/mol. The van der Waals surface area contributed by atoms with Gasteiger partial charge in [0.15, 0.2) is 0 Å². The maximum absolute atomic E-state index is 11.6. The lowest BCUT2D eigenvalue weighted by atomic mass is 10.2. The summed E-state index contributed by atoms with van der Waals surface area (Å²) in [5, 5.41) is 12.1. The van der Waals surface area contributed by atoms with Crippen molar-refractivity contribution in [3.8, 4) is 0 Å². The molecule has 0 heterocycles. The van der Waals surface area contributed by atoms with Crippen LogP contribution in [0.4, 0.5) is 5.69 Å². The Kier molecular flexibility index (Phi) is 4.79. The van der Waals surface area contributed by atoms with Gasteiger partial charge < -0.3 is 16.2 Å². The average molecular weight is 222 g/mol. The van der Waals surface area contributed by atoms with E-state index in [9.17, 15) is 9.90 Å². The highest BCUT2D eigenvalue weighted by Crippen LogP contribution is 2.05. The highest BCUT2D eigenvalue weighted by Gasteiger charge is 2.05. The number of nitrogens with one attached hydrogen (secondary N) is 1. The predicted octanol–water partition coefficient (Wildman–Crippen LogP) is 1.16. The topological polar surface area (TPSA) is 75.3 Å². The number of aliphatic hydroxyl groups is 1. The second-order valence-electron chi connectivity index (χ2n) is 3.73. The fourth-order valence-electron chi connectivity index (χ4n) is 1.29. The lowest BCUT2D eigenvalue weighted by Gasteiger charge is -2.08. The van der Waals surface area contributed by atoms with Crippen molar-refractivity contribution in [1.29, 1.82) is 0 Å². The molecule has 0 spiro atoms. The van der Waals surface area contributed by atoms with E-state index in [0.717, 1.165) is 0 Å². The van der Waals surface area contributed by atoms with Crippen molar-refractivity contribution >= 4 is 11.6 Å². The molecule has 0 fully saturated rings. The van der Waals surface area contributed by atoms with Crippen molar-refractivity contribution < 1.29 is 9.90 Å². The van der Waals surface area contributed by atoms with E-state index in [1.807, 2.05) is 6.92 Å². The fraction of sp³-hybridized carbons (Fsp3) is 0.417. The van der Waals surface area contributed by atoms with Gasteiger partial charge in [0, 0.05) is 17.8 Å². The minimum absolute atomic E-state index is 0.136. The molecule has 0 aliphatic carbocycles. The van der Waals surface area contributed by atoms with Crippen LogP contribution in [0, 0.1) is 0 Å². The smallest absolute Gasteiger partial charge is 0.251 e. The molecule has 16 heavy (non-hydrogen) atoms. The summed E-state index contributed by atoms with van der Waals surface area (Å²) in [7, 11) is 0. The third-order valence-corrected chi connectivity index (χ3v) is 2.41. The molecule has 0 saturated heterocycles. The molecule has 0 saturated carbocycles. The van der Waals surface area contributed by atoms with Crippen molar-refractivity contribution in [2.24, 2.45) is 0 Å². The Morgan fingerprint density at radius 2 is 2.06 bits per heavy atom. The normalized spacial score (nSPS) is 12.1. The molecule has 1 aromatic carbocycles. The van der Waals surface area contributed by atoms with Crippen LogP contribution in [-0.2, 0) is 0 Å². The molecule has 4 N–H and O–H groups in total. The van der Waals surface area contributed by atoms with Gasteiger partial charge in [0.2, 0.25) is 0 Å². The Morgan fingerprint density at radius 3 is 2.62 bits per heavy atom. The summed E-state index contributed by atoms with van der Waals surface area (Å²) in [5.74, 6) is -0.136. The number of anilines is 1. The number of carbonyl (C=O) groups is 1. The monoisotopic (exact) mass is 222 g/mol. The van der Waals surface area contributed by atoms with Crippen molar-refractivity contribution in [3.63, 3.8) is 0 Å². The van der Waals surface area contributed by atoms with Crippen molar-refractivity contribution in [1.82, 2.24) is 5.32 Å². The zero-order chi connectivity index (χ0) is 12.0. The van der Waals surface area contributed by atoms with E-state index in [4.69, 9.17) is 5.73 Å². The molecule has 1 rings (SSSR count). The van der Waals surface area contributed by atoms with Gasteiger partial charge in [-0.1, -0.05) is 6.92 Å². The summed E-state index contributed by atoms with van der Waals surface area (Å²) >= 11 is 0. The van der Waals surface area contributed by atoms with Gasteiger partial charge in [-0.2, -0.15) is 0 Å². The Labute approximate surface area is 95.5 Å². The largest absolute Gasteiger partial charge is 0.399 e. The van der Waals surface area contributed by atoms with E-state index in [-0.39, 0.29) is 12.0 Å². The molecule has 0 radical (unpaired) electrons. The van der Waals surface area contributed by atoms with Crippen LogP contribution in [-0.4, -0.2) is 23.7 Å². The third kappa shape index (κ3) is 3.90. The van der Waals surface area contributed by atoms with Crippen molar-refractivity contribution in [2.45, 2.75) is 25.9 Å². The van der Waals surface area contributed by atoms with Gasteiger partial charge in [-0.3, -0.25) is 4.79 Å². The minimum atomic E-state index is -0.341. The van der Waals surface area contributed by atoms with Crippen LogP contribution in [0.1, 0.15) is 30.1 Å². The highest BCUT2D eigenvalue weighted by molar-refractivity contribution is 5.94. The zero-order valence-corrected chi connectivity index (χ0v) is 9.44. The van der Waals surface area contributed by atoms with Gasteiger partial charge in [0.25, 0.3) is 5.91 Å². The number of benzene rings is 1. The third-order valence-electron chi connectivity index (χ3n) is 2.41. The molecule has 0 aliphatic heterocycles. The summed E-state index contributed by atoms with van der Waals surface area (Å²) in [4.78, 5) is 11.6. The molecule has 1 aromatic rings. The molecule has 1 unspecified atom stereocenters. The molecule has 88 valence electrons. The minimum Gasteiger partial charge on any atom is -0.399 e. The van der Waals surface area contributed by atoms with Gasteiger partial charge in [-0.05, 0) is 37.1 Å². The fourth-order valence-corrected chi connectivity index (χ4v) is 1.29. The lowest BCUT2D eigenvalue weighted by Crippen LogP contribution is -2.26. The van der Waals surface area contributed by atoms with E-state index in [2.05, 4.69) is 5.32 Å². The molecule has 0 bridgehead atoms. The standard InChI is InChI=1S/C12H18N2O2/c1-2-11(15)7-8-14-12(16)9-3-5-10(13)6-4-9/h3-6,11,15H,2,7-8,13H2,1H3,(H,14,16). The van der Waals surface area contributed by atoms with Crippen molar-refractivity contribution in [3.05, 3.63) is 29.8 Å². The Hall–Kier alpha value is -1.55. The second-order valence-corrected chi connectivity index (χ2v) is 3.73. The first-order valence-electron chi connectivity index (χ1n) is 5.45. The van der Waals surface area contributed by atoms with Gasteiger partial charge in [0.1, 0.15) is 0 Å². The van der Waals surface area contributed by atoms with Crippen LogP contribution in [0.15, 0.2) is 24.3 Å². The first-order valence-corrected chi connectivity index (χ1v) is 5.45. The summed E-state index contributed by atoms with van der Waals surface area (Å²) in [6.45, 7) is 2.39. The Bertz CT molecular complexity index is 335. The number of rotatable bonds is 5. The number of amides is 1. The highest BCUT2D eigenvalue weighted by atomic mass is 16.3. The summed E-state index contributed by atoms with van der Waals surface area (Å²) in [6.07, 6.45) is 0.946. The maximum Gasteiger partial charge on any atom is 0.251 e. The first kappa shape index (κ1) is 12.5. The number of carbonyl (C=O) groups excluding carboxylic acids is 1. The van der Waals surface area contributed by atoms with Crippen LogP contribution >= 0.6 is 0 Å².